The number of rotatable bonds is 3. The molecule has 2 aromatic rings. The van der Waals surface area contributed by atoms with E-state index in [2.05, 4.69) is 10.2 Å². The highest BCUT2D eigenvalue weighted by Gasteiger charge is 2.09. The number of benzene rings is 2. The number of nitrogens with zero attached hydrogens (tertiary/aromatic N) is 2. The average molecular weight is 256 g/mol. The van der Waals surface area contributed by atoms with Crippen LogP contribution in [0.3, 0.4) is 0 Å². The Kier molecular flexibility index (Phi) is 3.56. The van der Waals surface area contributed by atoms with Crippen molar-refractivity contribution in [1.82, 2.24) is 0 Å². The molecule has 0 heterocycles. The highest BCUT2D eigenvalue weighted by atomic mass is 16.4. The Labute approximate surface area is 109 Å². The second-order valence-electron chi connectivity index (χ2n) is 4.01. The van der Waals surface area contributed by atoms with Gasteiger partial charge in [-0.2, -0.15) is 0 Å². The van der Waals surface area contributed by atoms with Crippen molar-refractivity contribution in [2.45, 2.75) is 6.92 Å². The molecule has 19 heavy (non-hydrogen) atoms. The Morgan fingerprint density at radius 3 is 2.42 bits per heavy atom. The number of hydrogen-bond donors (Lipinski definition) is 2. The zero-order chi connectivity index (χ0) is 13.8. The van der Waals surface area contributed by atoms with Crippen LogP contribution in [0.4, 0.5) is 11.4 Å². The zero-order valence-electron chi connectivity index (χ0n) is 10.2. The van der Waals surface area contributed by atoms with Crippen molar-refractivity contribution in [2.75, 3.05) is 0 Å². The van der Waals surface area contributed by atoms with Crippen molar-refractivity contribution < 1.29 is 15.0 Å². The minimum absolute atomic E-state index is 0.00391. The van der Waals surface area contributed by atoms with Crippen molar-refractivity contribution >= 4 is 17.3 Å². The average Bonchev–Trinajstić information content (AvgIpc) is 2.37. The van der Waals surface area contributed by atoms with Gasteiger partial charge in [-0.05, 0) is 36.8 Å². The van der Waals surface area contributed by atoms with Crippen molar-refractivity contribution in [3.63, 3.8) is 0 Å². The van der Waals surface area contributed by atoms with Crippen LogP contribution in [0.25, 0.3) is 0 Å². The number of phenols is 1. The molecule has 0 bridgehead atoms. The predicted molar refractivity (Wildman–Crippen MR) is 70.4 cm³/mol. The first-order valence-corrected chi connectivity index (χ1v) is 5.61. The van der Waals surface area contributed by atoms with E-state index in [9.17, 15) is 9.90 Å². The van der Waals surface area contributed by atoms with Gasteiger partial charge in [0.05, 0.1) is 5.56 Å². The topological polar surface area (TPSA) is 82.2 Å². The Hall–Kier alpha value is -2.69. The van der Waals surface area contributed by atoms with Gasteiger partial charge in [0.25, 0.3) is 0 Å². The number of hydrogen-bond acceptors (Lipinski definition) is 4. The van der Waals surface area contributed by atoms with Gasteiger partial charge in [0, 0.05) is 0 Å². The van der Waals surface area contributed by atoms with Crippen LogP contribution >= 0.6 is 0 Å². The fourth-order valence-electron chi connectivity index (χ4n) is 1.56. The van der Waals surface area contributed by atoms with Crippen LogP contribution in [-0.4, -0.2) is 16.2 Å². The maximum absolute atomic E-state index is 11.1. The van der Waals surface area contributed by atoms with Crippen molar-refractivity contribution in [1.29, 1.82) is 0 Å². The lowest BCUT2D eigenvalue weighted by atomic mass is 10.1. The number of aromatic carboxylic acids is 1. The molecule has 0 aliphatic rings. The van der Waals surface area contributed by atoms with Crippen LogP contribution in [0.1, 0.15) is 15.9 Å². The van der Waals surface area contributed by atoms with Gasteiger partial charge < -0.3 is 10.2 Å². The molecule has 0 aliphatic carbocycles. The van der Waals surface area contributed by atoms with E-state index in [0.29, 0.717) is 5.69 Å². The van der Waals surface area contributed by atoms with E-state index in [4.69, 9.17) is 5.11 Å². The molecule has 0 aliphatic heterocycles. The first-order valence-electron chi connectivity index (χ1n) is 5.61. The van der Waals surface area contributed by atoms with Gasteiger partial charge in [0.1, 0.15) is 17.1 Å². The molecule has 0 saturated carbocycles. The maximum atomic E-state index is 11.1. The summed E-state index contributed by atoms with van der Waals surface area (Å²) in [5.74, 6) is -1.07. The molecule has 0 radical (unpaired) electrons. The summed E-state index contributed by atoms with van der Waals surface area (Å²) >= 11 is 0. The van der Waals surface area contributed by atoms with E-state index >= 15 is 0 Å². The van der Waals surface area contributed by atoms with E-state index in [1.165, 1.54) is 12.1 Å². The number of phenolic OH excluding ortho intramolecular Hbond substituents is 1. The molecule has 0 unspecified atom stereocenters. The lowest BCUT2D eigenvalue weighted by Gasteiger charge is -2.01. The minimum atomic E-state index is -1.06. The maximum Gasteiger partial charge on any atom is 0.337 e. The summed E-state index contributed by atoms with van der Waals surface area (Å²) < 4.78 is 0. The summed E-state index contributed by atoms with van der Waals surface area (Å²) in [5.41, 5.74) is 1.51. The largest absolute Gasteiger partial charge is 0.506 e. The first kappa shape index (κ1) is 12.8. The highest BCUT2D eigenvalue weighted by Crippen LogP contribution is 2.28. The molecule has 0 atom stereocenters. The van der Waals surface area contributed by atoms with Gasteiger partial charge in [-0.1, -0.05) is 18.2 Å². The van der Waals surface area contributed by atoms with E-state index in [0.717, 1.165) is 5.56 Å². The number of carbonyl (C=O) groups is 1. The van der Waals surface area contributed by atoms with Gasteiger partial charge in [-0.15, -0.1) is 10.2 Å². The molecule has 2 N–H and O–H groups in total. The molecule has 2 aromatic carbocycles. The van der Waals surface area contributed by atoms with Crippen molar-refractivity contribution in [3.8, 4) is 5.75 Å². The summed E-state index contributed by atoms with van der Waals surface area (Å²) in [7, 11) is 0. The van der Waals surface area contributed by atoms with E-state index < -0.39 is 5.97 Å². The second kappa shape index (κ2) is 5.30. The third-order valence-electron chi connectivity index (χ3n) is 2.53. The quantitative estimate of drug-likeness (QED) is 0.819. The van der Waals surface area contributed by atoms with Gasteiger partial charge in [0.15, 0.2) is 0 Å². The normalized spacial score (nSPS) is 10.8. The van der Waals surface area contributed by atoms with Crippen LogP contribution in [0.15, 0.2) is 52.7 Å². The molecular formula is C14H12N2O3. The predicted octanol–water partition coefficient (Wildman–Crippen LogP) is 3.81. The summed E-state index contributed by atoms with van der Waals surface area (Å²) in [6.45, 7) is 1.84. The third kappa shape index (κ3) is 2.95. The van der Waals surface area contributed by atoms with E-state index in [1.807, 2.05) is 6.92 Å². The van der Waals surface area contributed by atoms with Crippen LogP contribution in [0, 0.1) is 6.92 Å². The summed E-state index contributed by atoms with van der Waals surface area (Å²) in [4.78, 5) is 11.1. The molecule has 0 saturated heterocycles. The highest BCUT2D eigenvalue weighted by molar-refractivity contribution is 5.93. The van der Waals surface area contributed by atoms with Gasteiger partial charge in [-0.25, -0.2) is 4.79 Å². The van der Waals surface area contributed by atoms with Crippen LogP contribution < -0.4 is 0 Å². The third-order valence-corrected chi connectivity index (χ3v) is 2.53. The number of carboxylic acid groups (broad SMARTS) is 1. The molecule has 5 heteroatoms. The molecule has 0 spiro atoms. The summed E-state index contributed by atoms with van der Waals surface area (Å²) in [5, 5.41) is 26.4. The minimum Gasteiger partial charge on any atom is -0.506 e. The number of carboxylic acids is 1. The summed E-state index contributed by atoms with van der Waals surface area (Å²) in [6, 6.07) is 11.3. The van der Waals surface area contributed by atoms with E-state index in [1.54, 1.807) is 30.3 Å². The van der Waals surface area contributed by atoms with Gasteiger partial charge in [-0.3, -0.25) is 0 Å². The lowest BCUT2D eigenvalue weighted by molar-refractivity contribution is 0.0698. The van der Waals surface area contributed by atoms with Gasteiger partial charge in [0.2, 0.25) is 0 Å². The summed E-state index contributed by atoms with van der Waals surface area (Å²) in [6.07, 6.45) is 0. The fourth-order valence-corrected chi connectivity index (χ4v) is 1.56. The Morgan fingerprint density at radius 1 is 1.05 bits per heavy atom. The second-order valence-corrected chi connectivity index (χ2v) is 4.01. The Morgan fingerprint density at radius 2 is 1.74 bits per heavy atom. The number of aryl methyl sites for hydroxylation is 1. The fraction of sp³-hybridized carbons (Fsp3) is 0.0714. The van der Waals surface area contributed by atoms with Crippen LogP contribution in [0.5, 0.6) is 5.75 Å². The SMILES string of the molecule is Cc1ccc(C(=O)O)c(N=Nc2ccccc2O)c1. The van der Waals surface area contributed by atoms with Crippen LogP contribution in [-0.2, 0) is 0 Å². The molecular weight excluding hydrogens is 244 g/mol. The first-order chi connectivity index (χ1) is 9.08. The monoisotopic (exact) mass is 256 g/mol. The molecule has 96 valence electrons. The molecule has 0 amide bonds. The molecule has 0 fully saturated rings. The molecule has 2 rings (SSSR count). The van der Waals surface area contributed by atoms with Crippen molar-refractivity contribution in [3.05, 3.63) is 53.6 Å². The Balaban J connectivity index is 2.41. The number of aromatic hydroxyl groups is 1. The van der Waals surface area contributed by atoms with Crippen LogP contribution in [0.2, 0.25) is 0 Å². The number of azo groups is 1. The number of para-hydroxylation sites is 1. The lowest BCUT2D eigenvalue weighted by Crippen LogP contribution is -1.96. The zero-order valence-corrected chi connectivity index (χ0v) is 10.2. The smallest absolute Gasteiger partial charge is 0.337 e. The van der Waals surface area contributed by atoms with Crippen molar-refractivity contribution in [2.24, 2.45) is 10.2 Å². The molecule has 5 nitrogen and oxygen atoms in total. The van der Waals surface area contributed by atoms with Gasteiger partial charge >= 0.3 is 5.97 Å². The van der Waals surface area contributed by atoms with E-state index in [-0.39, 0.29) is 17.0 Å². The Bertz CT molecular complexity index is 651. The molecule has 0 aromatic heterocycles. The standard InChI is InChI=1S/C14H12N2O3/c1-9-6-7-10(14(18)19)12(8-9)16-15-11-4-2-3-5-13(11)17/h2-8,17H,1H3,(H,18,19).